The Kier molecular flexibility index (Phi) is 11.1. The highest BCUT2D eigenvalue weighted by atomic mass is 35.5. The Hall–Kier alpha value is -4.04. The summed E-state index contributed by atoms with van der Waals surface area (Å²) in [5, 5.41) is 6.28. The van der Waals surface area contributed by atoms with Crippen molar-refractivity contribution in [2.75, 3.05) is 71.8 Å². The summed E-state index contributed by atoms with van der Waals surface area (Å²) in [5.41, 5.74) is 7.72. The van der Waals surface area contributed by atoms with Crippen LogP contribution < -0.4 is 30.6 Å². The Balaban J connectivity index is 1.54. The number of aromatic nitrogens is 3. The normalized spacial score (nSPS) is 13.8. The molecule has 2 aromatic heterocycles. The van der Waals surface area contributed by atoms with Crippen LogP contribution in [0.3, 0.4) is 0 Å². The number of carbonyl (C=O) groups is 2. The number of anilines is 2. The number of H-pyrrole nitrogens is 1. The molecular formula is C28H33Cl2N7O6. The van der Waals surface area contributed by atoms with Gasteiger partial charge in [-0.1, -0.05) is 23.2 Å². The number of amides is 1. The number of nitrogen functional groups attached to an aromatic ring is 1. The molecule has 1 aromatic carbocycles. The molecular weight excluding hydrogens is 601 g/mol. The molecule has 230 valence electrons. The van der Waals surface area contributed by atoms with Crippen LogP contribution >= 0.6 is 23.2 Å². The van der Waals surface area contributed by atoms with Gasteiger partial charge in [0.15, 0.2) is 17.8 Å². The number of methoxy groups -OCH3 is 3. The number of ether oxygens (including phenoxy) is 4. The number of nitrogens with one attached hydrogen (secondary N) is 3. The Labute approximate surface area is 258 Å². The molecule has 3 aromatic rings. The predicted octanol–water partition coefficient (Wildman–Crippen LogP) is 3.13. The van der Waals surface area contributed by atoms with Crippen LogP contribution in [0, 0.1) is 0 Å². The molecule has 0 unspecified atom stereocenters. The second-order valence-corrected chi connectivity index (χ2v) is 10.1. The number of nitrogens with two attached hydrogens (primary N) is 1. The monoisotopic (exact) mass is 633 g/mol. The standard InChI is InChI=1S/C28H33Cl2N7O6/c1-40-20-12-16(22(29)24(42-3)23(20)41-2)13-34-26-21(25(30)35-28(31)36-26)18(15-38)11-19-10-17(14-33-19)27(39)32-4-5-37-6-8-43-9-7-37/h10-12,14-15,33H,4-9,13H2,1-3H3,(H,32,39)(H3,31,34,35,36)/b18-11+. The van der Waals surface area contributed by atoms with E-state index in [0.29, 0.717) is 60.1 Å². The van der Waals surface area contributed by atoms with E-state index < -0.39 is 0 Å². The van der Waals surface area contributed by atoms with Crippen LogP contribution in [0.2, 0.25) is 10.2 Å². The number of aromatic amines is 1. The Bertz CT molecular complexity index is 1490. The van der Waals surface area contributed by atoms with Gasteiger partial charge in [-0.3, -0.25) is 14.5 Å². The van der Waals surface area contributed by atoms with Crippen LogP contribution in [0.4, 0.5) is 11.8 Å². The molecule has 0 bridgehead atoms. The first kappa shape index (κ1) is 31.9. The molecule has 0 aliphatic carbocycles. The van der Waals surface area contributed by atoms with E-state index in [1.54, 1.807) is 18.3 Å². The maximum Gasteiger partial charge on any atom is 0.252 e. The van der Waals surface area contributed by atoms with Crippen molar-refractivity contribution in [2.24, 2.45) is 0 Å². The van der Waals surface area contributed by atoms with Crippen LogP contribution in [-0.4, -0.2) is 92.8 Å². The van der Waals surface area contributed by atoms with Crippen molar-refractivity contribution in [3.8, 4) is 17.2 Å². The molecule has 1 aliphatic rings. The Morgan fingerprint density at radius 3 is 2.56 bits per heavy atom. The summed E-state index contributed by atoms with van der Waals surface area (Å²) in [7, 11) is 4.44. The molecule has 1 amide bonds. The minimum Gasteiger partial charge on any atom is -0.493 e. The average Bonchev–Trinajstić information content (AvgIpc) is 3.48. The summed E-state index contributed by atoms with van der Waals surface area (Å²) in [5.74, 6) is 0.886. The molecule has 0 atom stereocenters. The molecule has 0 spiro atoms. The molecule has 43 heavy (non-hydrogen) atoms. The van der Waals surface area contributed by atoms with Crippen molar-refractivity contribution in [1.29, 1.82) is 0 Å². The fourth-order valence-electron chi connectivity index (χ4n) is 4.53. The fraction of sp³-hybridized carbons (Fsp3) is 0.357. The molecule has 1 saturated heterocycles. The SMILES string of the molecule is COc1cc(CNc2nc(N)nc(Cl)c2/C(C=O)=C/c2cc(C(=O)NCCN3CCOCC3)c[nH]2)c(Cl)c(OC)c1OC. The lowest BCUT2D eigenvalue weighted by molar-refractivity contribution is -0.103. The van der Waals surface area contributed by atoms with Gasteiger partial charge in [-0.25, -0.2) is 4.98 Å². The minimum atomic E-state index is -0.241. The summed E-state index contributed by atoms with van der Waals surface area (Å²) in [6.45, 7) is 4.42. The third kappa shape index (κ3) is 7.68. The van der Waals surface area contributed by atoms with Crippen LogP contribution in [-0.2, 0) is 16.1 Å². The highest BCUT2D eigenvalue weighted by Gasteiger charge is 2.22. The zero-order chi connectivity index (χ0) is 30.9. The number of aldehydes is 1. The van der Waals surface area contributed by atoms with Crippen LogP contribution in [0.25, 0.3) is 11.6 Å². The second-order valence-electron chi connectivity index (χ2n) is 9.34. The zero-order valence-corrected chi connectivity index (χ0v) is 25.5. The van der Waals surface area contributed by atoms with Gasteiger partial charge in [0.25, 0.3) is 5.91 Å². The molecule has 13 nitrogen and oxygen atoms in total. The van der Waals surface area contributed by atoms with Gasteiger partial charge in [0.1, 0.15) is 11.0 Å². The second kappa shape index (κ2) is 14.9. The van der Waals surface area contributed by atoms with Gasteiger partial charge in [0.2, 0.25) is 11.7 Å². The number of benzene rings is 1. The summed E-state index contributed by atoms with van der Waals surface area (Å²) >= 11 is 13.1. The number of halogens is 2. The van der Waals surface area contributed by atoms with Gasteiger partial charge in [0, 0.05) is 50.2 Å². The molecule has 0 radical (unpaired) electrons. The maximum absolute atomic E-state index is 12.7. The number of allylic oxidation sites excluding steroid dienone is 1. The average molecular weight is 635 g/mol. The van der Waals surface area contributed by atoms with E-state index in [2.05, 4.69) is 30.5 Å². The molecule has 5 N–H and O–H groups in total. The molecule has 0 saturated carbocycles. The molecule has 4 rings (SSSR count). The lowest BCUT2D eigenvalue weighted by Crippen LogP contribution is -2.41. The highest BCUT2D eigenvalue weighted by molar-refractivity contribution is 6.34. The molecule has 3 heterocycles. The largest absolute Gasteiger partial charge is 0.493 e. The van der Waals surface area contributed by atoms with E-state index in [1.165, 1.54) is 27.4 Å². The van der Waals surface area contributed by atoms with Gasteiger partial charge in [0.05, 0.1) is 50.7 Å². The van der Waals surface area contributed by atoms with Crippen molar-refractivity contribution >= 4 is 58.8 Å². The van der Waals surface area contributed by atoms with E-state index in [1.807, 2.05) is 0 Å². The van der Waals surface area contributed by atoms with E-state index in [9.17, 15) is 9.59 Å². The summed E-state index contributed by atoms with van der Waals surface area (Å²) in [4.78, 5) is 38.5. The van der Waals surface area contributed by atoms with Gasteiger partial charge >= 0.3 is 0 Å². The smallest absolute Gasteiger partial charge is 0.252 e. The lowest BCUT2D eigenvalue weighted by atomic mass is 10.1. The quantitative estimate of drug-likeness (QED) is 0.124. The predicted molar refractivity (Wildman–Crippen MR) is 164 cm³/mol. The Morgan fingerprint density at radius 2 is 1.88 bits per heavy atom. The van der Waals surface area contributed by atoms with Crippen molar-refractivity contribution in [1.82, 2.24) is 25.2 Å². The van der Waals surface area contributed by atoms with Crippen molar-refractivity contribution in [3.05, 3.63) is 50.9 Å². The number of carbonyl (C=O) groups excluding carboxylic acids is 2. The van der Waals surface area contributed by atoms with Gasteiger partial charge < -0.3 is 40.3 Å². The minimum absolute atomic E-state index is 0.0445. The molecule has 1 aliphatic heterocycles. The number of morpholine rings is 1. The lowest BCUT2D eigenvalue weighted by Gasteiger charge is -2.26. The summed E-state index contributed by atoms with van der Waals surface area (Å²) in [6.07, 6.45) is 3.71. The van der Waals surface area contributed by atoms with Gasteiger partial charge in [-0.15, -0.1) is 0 Å². The highest BCUT2D eigenvalue weighted by Crippen LogP contribution is 2.45. The van der Waals surface area contributed by atoms with Crippen molar-refractivity contribution < 1.29 is 28.5 Å². The van der Waals surface area contributed by atoms with E-state index >= 15 is 0 Å². The first-order valence-corrected chi connectivity index (χ1v) is 14.0. The van der Waals surface area contributed by atoms with Crippen LogP contribution in [0.1, 0.15) is 27.2 Å². The number of hydrogen-bond donors (Lipinski definition) is 4. The first-order valence-electron chi connectivity index (χ1n) is 13.3. The van der Waals surface area contributed by atoms with E-state index in [-0.39, 0.29) is 45.5 Å². The van der Waals surface area contributed by atoms with E-state index in [0.717, 1.165) is 19.6 Å². The third-order valence-corrected chi connectivity index (χ3v) is 7.37. The van der Waals surface area contributed by atoms with Crippen molar-refractivity contribution in [2.45, 2.75) is 6.54 Å². The van der Waals surface area contributed by atoms with Gasteiger partial charge in [-0.2, -0.15) is 4.98 Å². The number of hydrogen-bond acceptors (Lipinski definition) is 11. The van der Waals surface area contributed by atoms with Crippen LogP contribution in [0.5, 0.6) is 17.2 Å². The molecule has 1 fully saturated rings. The maximum atomic E-state index is 12.7. The van der Waals surface area contributed by atoms with E-state index in [4.69, 9.17) is 47.9 Å². The number of rotatable bonds is 13. The molecule has 15 heteroatoms. The van der Waals surface area contributed by atoms with Crippen LogP contribution in [0.15, 0.2) is 18.3 Å². The fourth-order valence-corrected chi connectivity index (χ4v) is 5.10. The first-order chi connectivity index (χ1) is 20.8. The number of nitrogens with zero attached hydrogens (tertiary/aromatic N) is 3. The topological polar surface area (TPSA) is 166 Å². The summed E-state index contributed by atoms with van der Waals surface area (Å²) in [6, 6.07) is 3.31. The van der Waals surface area contributed by atoms with Gasteiger partial charge in [-0.05, 0) is 23.8 Å². The zero-order valence-electron chi connectivity index (χ0n) is 24.0. The van der Waals surface area contributed by atoms with Crippen molar-refractivity contribution in [3.63, 3.8) is 0 Å². The summed E-state index contributed by atoms with van der Waals surface area (Å²) < 4.78 is 21.6. The third-order valence-electron chi connectivity index (χ3n) is 6.68. The Morgan fingerprint density at radius 1 is 1.14 bits per heavy atom.